The Labute approximate surface area is 165 Å². The summed E-state index contributed by atoms with van der Waals surface area (Å²) in [5, 5.41) is 11.1. The Morgan fingerprint density at radius 1 is 1.29 bits per heavy atom. The fourth-order valence-electron chi connectivity index (χ4n) is 2.98. The number of nitrogens with zero attached hydrogens (tertiary/aromatic N) is 2. The summed E-state index contributed by atoms with van der Waals surface area (Å²) < 4.78 is 0. The highest BCUT2D eigenvalue weighted by Crippen LogP contribution is 2.28. The van der Waals surface area contributed by atoms with Crippen LogP contribution in [0.25, 0.3) is 0 Å². The van der Waals surface area contributed by atoms with Crippen LogP contribution in [0, 0.1) is 0 Å². The van der Waals surface area contributed by atoms with Gasteiger partial charge in [-0.3, -0.25) is 4.99 Å². The molecule has 2 N–H and O–H groups in total. The summed E-state index contributed by atoms with van der Waals surface area (Å²) in [4.78, 5) is 6.79. The molecule has 1 unspecified atom stereocenters. The van der Waals surface area contributed by atoms with Crippen LogP contribution in [0.3, 0.4) is 0 Å². The van der Waals surface area contributed by atoms with Crippen LogP contribution in [-0.2, 0) is 13.0 Å². The Bertz CT molecular complexity index is 657. The Morgan fingerprint density at radius 2 is 2.12 bits per heavy atom. The Morgan fingerprint density at radius 3 is 2.88 bits per heavy atom. The minimum Gasteiger partial charge on any atom is -0.366 e. The second-order valence-corrected chi connectivity index (χ2v) is 6.64. The van der Waals surface area contributed by atoms with E-state index in [1.54, 1.807) is 11.3 Å². The first-order valence-electron chi connectivity index (χ1n) is 8.08. The standard InChI is InChI=1S/C18H24N4S.HI/c1-14(22-9-7-16-5-3-4-6-17(16)22)11-20-18(19-2)21-12-15-8-10-23-13-15;/h3-6,8,10,13-14H,7,9,11-12H2,1-2H3,(H2,19,20,21);1H. The average molecular weight is 456 g/mol. The first-order valence-corrected chi connectivity index (χ1v) is 9.02. The summed E-state index contributed by atoms with van der Waals surface area (Å²) in [5.41, 5.74) is 4.13. The highest BCUT2D eigenvalue weighted by Gasteiger charge is 2.22. The molecule has 1 aliphatic rings. The van der Waals surface area contributed by atoms with Gasteiger partial charge in [0.2, 0.25) is 0 Å². The van der Waals surface area contributed by atoms with E-state index >= 15 is 0 Å². The number of nitrogens with one attached hydrogen (secondary N) is 2. The topological polar surface area (TPSA) is 39.7 Å². The van der Waals surface area contributed by atoms with Crippen LogP contribution >= 0.6 is 35.3 Å². The molecule has 2 aromatic rings. The number of benzene rings is 1. The summed E-state index contributed by atoms with van der Waals surface area (Å²) in [6.45, 7) is 5.05. The molecule has 1 aromatic heterocycles. The van der Waals surface area contributed by atoms with Gasteiger partial charge in [0.05, 0.1) is 0 Å². The lowest BCUT2D eigenvalue weighted by Gasteiger charge is -2.28. The SMILES string of the molecule is CN=C(NCc1ccsc1)NCC(C)N1CCc2ccccc21.I. The van der Waals surface area contributed by atoms with Crippen LogP contribution in [0.4, 0.5) is 5.69 Å². The number of aliphatic imine (C=N–C) groups is 1. The molecule has 0 fully saturated rings. The Balaban J connectivity index is 0.00000208. The smallest absolute Gasteiger partial charge is 0.191 e. The number of guanidine groups is 1. The van der Waals surface area contributed by atoms with Crippen molar-refractivity contribution in [3.05, 3.63) is 52.2 Å². The molecule has 3 rings (SSSR count). The molecule has 1 aliphatic heterocycles. The fourth-order valence-corrected chi connectivity index (χ4v) is 3.64. The van der Waals surface area contributed by atoms with Crippen LogP contribution < -0.4 is 15.5 Å². The lowest BCUT2D eigenvalue weighted by molar-refractivity contribution is 0.625. The highest BCUT2D eigenvalue weighted by atomic mass is 127. The van der Waals surface area contributed by atoms with Gasteiger partial charge < -0.3 is 15.5 Å². The quantitative estimate of drug-likeness (QED) is 0.411. The molecule has 0 aliphatic carbocycles. The maximum absolute atomic E-state index is 4.31. The first-order chi connectivity index (χ1) is 11.3. The number of para-hydroxylation sites is 1. The van der Waals surface area contributed by atoms with E-state index in [1.165, 1.54) is 16.8 Å². The van der Waals surface area contributed by atoms with E-state index in [0.29, 0.717) is 6.04 Å². The van der Waals surface area contributed by atoms with Crippen LogP contribution in [0.5, 0.6) is 0 Å². The number of rotatable bonds is 5. The molecule has 24 heavy (non-hydrogen) atoms. The third-order valence-electron chi connectivity index (χ3n) is 4.28. The minimum absolute atomic E-state index is 0. The summed E-state index contributed by atoms with van der Waals surface area (Å²) >= 11 is 1.72. The Kier molecular flexibility index (Phi) is 7.36. The lowest BCUT2D eigenvalue weighted by Crippen LogP contribution is -2.45. The first kappa shape index (κ1) is 19.1. The van der Waals surface area contributed by atoms with Crippen molar-refractivity contribution < 1.29 is 0 Å². The van der Waals surface area contributed by atoms with Gasteiger partial charge in [0.25, 0.3) is 0 Å². The largest absolute Gasteiger partial charge is 0.366 e. The van der Waals surface area contributed by atoms with Gasteiger partial charge in [-0.05, 0) is 47.4 Å². The van der Waals surface area contributed by atoms with Gasteiger partial charge in [-0.1, -0.05) is 18.2 Å². The van der Waals surface area contributed by atoms with Crippen LogP contribution in [0.1, 0.15) is 18.1 Å². The second-order valence-electron chi connectivity index (χ2n) is 5.86. The zero-order valence-corrected chi connectivity index (χ0v) is 17.3. The summed E-state index contributed by atoms with van der Waals surface area (Å²) in [5.74, 6) is 0.857. The van der Waals surface area contributed by atoms with Crippen molar-refractivity contribution in [2.45, 2.75) is 25.9 Å². The zero-order chi connectivity index (χ0) is 16.1. The third kappa shape index (κ3) is 4.63. The van der Waals surface area contributed by atoms with Gasteiger partial charge in [0.15, 0.2) is 5.96 Å². The summed E-state index contributed by atoms with van der Waals surface area (Å²) in [6, 6.07) is 11.3. The van der Waals surface area contributed by atoms with Gasteiger partial charge >= 0.3 is 0 Å². The van der Waals surface area contributed by atoms with Crippen molar-refractivity contribution >= 4 is 47.0 Å². The molecular formula is C18H25IN4S. The molecule has 130 valence electrons. The van der Waals surface area contributed by atoms with Crippen molar-refractivity contribution in [3.63, 3.8) is 0 Å². The zero-order valence-electron chi connectivity index (χ0n) is 14.2. The second kappa shape index (κ2) is 9.27. The van der Waals surface area contributed by atoms with Crippen molar-refractivity contribution in [1.29, 1.82) is 0 Å². The number of fused-ring (bicyclic) bond motifs is 1. The summed E-state index contributed by atoms with van der Waals surface area (Å²) in [7, 11) is 1.82. The maximum Gasteiger partial charge on any atom is 0.191 e. The molecular weight excluding hydrogens is 431 g/mol. The number of hydrogen-bond acceptors (Lipinski definition) is 3. The van der Waals surface area contributed by atoms with E-state index in [0.717, 1.165) is 32.0 Å². The van der Waals surface area contributed by atoms with Crippen LogP contribution in [0.15, 0.2) is 46.1 Å². The van der Waals surface area contributed by atoms with Crippen molar-refractivity contribution in [3.8, 4) is 0 Å². The number of thiophene rings is 1. The molecule has 2 heterocycles. The Hall–Kier alpha value is -1.28. The molecule has 0 saturated heterocycles. The maximum atomic E-state index is 4.31. The number of hydrogen-bond donors (Lipinski definition) is 2. The molecule has 1 atom stereocenters. The van der Waals surface area contributed by atoms with Gasteiger partial charge in [-0.15, -0.1) is 24.0 Å². The van der Waals surface area contributed by atoms with E-state index in [9.17, 15) is 0 Å². The molecule has 0 amide bonds. The molecule has 0 saturated carbocycles. The molecule has 0 spiro atoms. The predicted molar refractivity (Wildman–Crippen MR) is 115 cm³/mol. The average Bonchev–Trinajstić information content (AvgIpc) is 3.24. The monoisotopic (exact) mass is 456 g/mol. The molecule has 0 bridgehead atoms. The van der Waals surface area contributed by atoms with Crippen molar-refractivity contribution in [2.75, 3.05) is 25.0 Å². The third-order valence-corrected chi connectivity index (χ3v) is 5.02. The van der Waals surface area contributed by atoms with Crippen LogP contribution in [-0.4, -0.2) is 32.1 Å². The van der Waals surface area contributed by atoms with Crippen LogP contribution in [0.2, 0.25) is 0 Å². The molecule has 0 radical (unpaired) electrons. The molecule has 4 nitrogen and oxygen atoms in total. The number of anilines is 1. The van der Waals surface area contributed by atoms with E-state index in [1.807, 2.05) is 7.05 Å². The minimum atomic E-state index is 0. The predicted octanol–water partition coefficient (Wildman–Crippen LogP) is 3.48. The van der Waals surface area contributed by atoms with E-state index in [-0.39, 0.29) is 24.0 Å². The van der Waals surface area contributed by atoms with Gasteiger partial charge in [0.1, 0.15) is 0 Å². The van der Waals surface area contributed by atoms with Gasteiger partial charge in [-0.2, -0.15) is 11.3 Å². The lowest BCUT2D eigenvalue weighted by atomic mass is 10.2. The normalized spacial score (nSPS) is 14.8. The molecule has 6 heteroatoms. The summed E-state index contributed by atoms with van der Waals surface area (Å²) in [6.07, 6.45) is 1.14. The van der Waals surface area contributed by atoms with E-state index in [2.05, 4.69) is 68.5 Å². The van der Waals surface area contributed by atoms with Crippen molar-refractivity contribution in [1.82, 2.24) is 10.6 Å². The van der Waals surface area contributed by atoms with E-state index < -0.39 is 0 Å². The van der Waals surface area contributed by atoms with E-state index in [4.69, 9.17) is 0 Å². The van der Waals surface area contributed by atoms with Gasteiger partial charge in [0, 0.05) is 38.4 Å². The fraction of sp³-hybridized carbons (Fsp3) is 0.389. The van der Waals surface area contributed by atoms with Crippen molar-refractivity contribution in [2.24, 2.45) is 4.99 Å². The van der Waals surface area contributed by atoms with Gasteiger partial charge in [-0.25, -0.2) is 0 Å². The number of halogens is 1. The highest BCUT2D eigenvalue weighted by molar-refractivity contribution is 14.0. The molecule has 1 aromatic carbocycles.